The number of alkyl halides is 6. The Hall–Kier alpha value is -5.19. The first kappa shape index (κ1) is 35.7. The van der Waals surface area contributed by atoms with Gasteiger partial charge in [0, 0.05) is 25.2 Å². The lowest BCUT2D eigenvalue weighted by Gasteiger charge is -2.31. The largest absolute Gasteiger partial charge is 0.573 e. The summed E-state index contributed by atoms with van der Waals surface area (Å²) >= 11 is 0. The highest BCUT2D eigenvalue weighted by atomic mass is 19.4. The number of aromatic nitrogens is 2. The van der Waals surface area contributed by atoms with Crippen molar-refractivity contribution in [3.05, 3.63) is 89.4 Å². The first-order chi connectivity index (χ1) is 22.7. The topological polar surface area (TPSA) is 143 Å². The normalized spacial score (nSPS) is 15.0. The van der Waals surface area contributed by atoms with Crippen molar-refractivity contribution in [1.29, 1.82) is 0 Å². The summed E-state index contributed by atoms with van der Waals surface area (Å²) in [5.74, 6) is -4.51. The molecule has 2 amide bonds. The summed E-state index contributed by atoms with van der Waals surface area (Å²) in [7, 11) is 0. The fourth-order valence-electron chi connectivity index (χ4n) is 4.61. The molecule has 17 heteroatoms. The molecule has 0 saturated carbocycles. The molecule has 3 N–H and O–H groups in total. The number of nitrogens with one attached hydrogen (secondary N) is 2. The summed E-state index contributed by atoms with van der Waals surface area (Å²) in [6.45, 7) is -0.149. The molecule has 1 aliphatic rings. The molecule has 1 saturated heterocycles. The van der Waals surface area contributed by atoms with Crippen molar-refractivity contribution in [3.8, 4) is 5.75 Å². The van der Waals surface area contributed by atoms with Crippen molar-refractivity contribution in [2.45, 2.75) is 38.0 Å². The van der Waals surface area contributed by atoms with Gasteiger partial charge in [-0.2, -0.15) is 13.2 Å². The smallest absolute Gasteiger partial charge is 0.480 e. The van der Waals surface area contributed by atoms with Gasteiger partial charge in [0.2, 0.25) is 11.9 Å². The van der Waals surface area contributed by atoms with Gasteiger partial charge in [0.25, 0.3) is 5.91 Å². The Morgan fingerprint density at radius 3 is 2.25 bits per heavy atom. The number of hydrogen-bond donors (Lipinski definition) is 3. The summed E-state index contributed by atoms with van der Waals surface area (Å²) in [4.78, 5) is 47.4. The molecule has 11 nitrogen and oxygen atoms in total. The van der Waals surface area contributed by atoms with Crippen LogP contribution in [0, 0.1) is 5.92 Å². The number of rotatable bonds is 12. The number of carbonyl (C=O) groups excluding carboxylic acids is 2. The Balaban J connectivity index is 1.46. The molecule has 0 aliphatic carbocycles. The fourth-order valence-corrected chi connectivity index (χ4v) is 4.61. The van der Waals surface area contributed by atoms with Gasteiger partial charge in [0.15, 0.2) is 6.04 Å². The molecule has 1 fully saturated rings. The van der Waals surface area contributed by atoms with E-state index >= 15 is 0 Å². The van der Waals surface area contributed by atoms with Crippen molar-refractivity contribution < 1.29 is 55.3 Å². The van der Waals surface area contributed by atoms with E-state index in [1.165, 1.54) is 17.0 Å². The van der Waals surface area contributed by atoms with Gasteiger partial charge < -0.3 is 30.1 Å². The number of ether oxygens (including phenoxy) is 2. The average molecular weight is 682 g/mol. The number of anilines is 1. The summed E-state index contributed by atoms with van der Waals surface area (Å²) in [5, 5.41) is 14.4. The number of halogens is 6. The molecule has 0 spiro atoms. The zero-order valence-corrected chi connectivity index (χ0v) is 24.9. The van der Waals surface area contributed by atoms with Crippen molar-refractivity contribution in [3.63, 3.8) is 0 Å². The van der Waals surface area contributed by atoms with E-state index in [0.29, 0.717) is 0 Å². The van der Waals surface area contributed by atoms with Gasteiger partial charge in [-0.05, 0) is 48.2 Å². The second-order valence-corrected chi connectivity index (χ2v) is 10.5. The molecule has 4 rings (SSSR count). The quantitative estimate of drug-likeness (QED) is 0.185. The molecule has 0 unspecified atom stereocenters. The van der Waals surface area contributed by atoms with Crippen LogP contribution >= 0.6 is 0 Å². The third-order valence-electron chi connectivity index (χ3n) is 7.01. The van der Waals surface area contributed by atoms with E-state index in [1.807, 2.05) is 0 Å². The Morgan fingerprint density at radius 1 is 0.979 bits per heavy atom. The van der Waals surface area contributed by atoms with Gasteiger partial charge >= 0.3 is 18.5 Å². The standard InChI is InChI=1S/C31H29F6N5O6/c32-30(33,34)25-10-13-38-29(41-25)42-14-11-21(12-15-42)26(43)39-23(16-19-6-8-22(9-7-19)48-31(35,36)37)27(44)40-24(28(45)46)18-47-17-20-4-2-1-3-5-20/h1-10,13,16,21,24H,11-12,14-15,17-18H2,(H,39,43)(H,40,44)(H,45,46)/t24-/m1/s1. The van der Waals surface area contributed by atoms with Crippen LogP contribution in [0.3, 0.4) is 0 Å². The van der Waals surface area contributed by atoms with E-state index in [9.17, 15) is 45.8 Å². The summed E-state index contributed by atoms with van der Waals surface area (Å²) in [6, 6.07) is 12.4. The average Bonchev–Trinajstić information content (AvgIpc) is 3.04. The number of carboxylic acid groups (broad SMARTS) is 1. The van der Waals surface area contributed by atoms with Crippen molar-refractivity contribution in [2.24, 2.45) is 5.92 Å². The summed E-state index contributed by atoms with van der Waals surface area (Å²) in [6.07, 6.45) is -7.19. The van der Waals surface area contributed by atoms with Crippen LogP contribution in [0.4, 0.5) is 32.3 Å². The molecule has 0 radical (unpaired) electrons. The highest BCUT2D eigenvalue weighted by Gasteiger charge is 2.34. The minimum absolute atomic E-state index is 0.0521. The molecular formula is C31H29F6N5O6. The van der Waals surface area contributed by atoms with E-state index in [4.69, 9.17) is 4.74 Å². The van der Waals surface area contributed by atoms with Gasteiger partial charge in [-0.3, -0.25) is 9.59 Å². The van der Waals surface area contributed by atoms with Gasteiger partial charge in [-0.15, -0.1) is 13.2 Å². The second kappa shape index (κ2) is 15.6. The monoisotopic (exact) mass is 681 g/mol. The van der Waals surface area contributed by atoms with E-state index in [2.05, 4.69) is 25.3 Å². The number of piperidine rings is 1. The van der Waals surface area contributed by atoms with Crippen molar-refractivity contribution in [1.82, 2.24) is 20.6 Å². The zero-order valence-electron chi connectivity index (χ0n) is 24.9. The van der Waals surface area contributed by atoms with E-state index in [0.717, 1.165) is 36.0 Å². The lowest BCUT2D eigenvalue weighted by Crippen LogP contribution is -2.48. The molecule has 1 aliphatic heterocycles. The molecule has 256 valence electrons. The number of nitrogens with zero attached hydrogens (tertiary/aromatic N) is 3. The Labute approximate surface area is 269 Å². The number of amides is 2. The number of aliphatic carboxylic acids is 1. The zero-order chi connectivity index (χ0) is 34.9. The Morgan fingerprint density at radius 2 is 1.65 bits per heavy atom. The maximum absolute atomic E-state index is 13.3. The third kappa shape index (κ3) is 10.7. The number of carbonyl (C=O) groups is 3. The molecule has 1 aromatic heterocycles. The third-order valence-corrected chi connectivity index (χ3v) is 7.01. The molecule has 2 heterocycles. The van der Waals surface area contributed by atoms with Crippen LogP contribution in [0.5, 0.6) is 5.75 Å². The highest BCUT2D eigenvalue weighted by molar-refractivity contribution is 6.03. The molecular weight excluding hydrogens is 652 g/mol. The van der Waals surface area contributed by atoms with Gasteiger partial charge in [-0.1, -0.05) is 42.5 Å². The van der Waals surface area contributed by atoms with Crippen LogP contribution in [0.2, 0.25) is 0 Å². The van der Waals surface area contributed by atoms with Crippen LogP contribution < -0.4 is 20.3 Å². The van der Waals surface area contributed by atoms with Crippen LogP contribution in [0.25, 0.3) is 6.08 Å². The number of carboxylic acids is 1. The first-order valence-electron chi connectivity index (χ1n) is 14.4. The molecule has 2 aromatic carbocycles. The SMILES string of the molecule is O=C(N[C@H](COCc1ccccc1)C(=O)O)C(=Cc1ccc(OC(F)(F)F)cc1)NC(=O)C1CCN(c2nccc(C(F)(F)F)n2)CC1. The lowest BCUT2D eigenvalue weighted by molar-refractivity contribution is -0.274. The van der Waals surface area contributed by atoms with E-state index < -0.39 is 66.0 Å². The van der Waals surface area contributed by atoms with Crippen LogP contribution in [0.1, 0.15) is 29.7 Å². The van der Waals surface area contributed by atoms with E-state index in [1.54, 1.807) is 30.3 Å². The Kier molecular flexibility index (Phi) is 11.6. The number of hydrogen-bond acceptors (Lipinski definition) is 8. The van der Waals surface area contributed by atoms with Crippen molar-refractivity contribution in [2.75, 3.05) is 24.6 Å². The predicted octanol–water partition coefficient (Wildman–Crippen LogP) is 4.55. The lowest BCUT2D eigenvalue weighted by atomic mass is 9.96. The van der Waals surface area contributed by atoms with E-state index in [-0.39, 0.29) is 44.0 Å². The van der Waals surface area contributed by atoms with Crippen LogP contribution in [0.15, 0.2) is 72.6 Å². The predicted molar refractivity (Wildman–Crippen MR) is 157 cm³/mol. The van der Waals surface area contributed by atoms with Crippen LogP contribution in [-0.4, -0.2) is 65.0 Å². The second-order valence-electron chi connectivity index (χ2n) is 10.5. The molecule has 48 heavy (non-hydrogen) atoms. The minimum atomic E-state index is -4.94. The van der Waals surface area contributed by atoms with Gasteiger partial charge in [-0.25, -0.2) is 14.8 Å². The number of benzene rings is 2. The Bertz CT molecular complexity index is 1590. The maximum Gasteiger partial charge on any atom is 0.573 e. The summed E-state index contributed by atoms with van der Waals surface area (Å²) < 4.78 is 86.4. The fraction of sp³-hybridized carbons (Fsp3) is 0.323. The summed E-state index contributed by atoms with van der Waals surface area (Å²) in [5.41, 5.74) is -0.609. The van der Waals surface area contributed by atoms with Crippen LogP contribution in [-0.2, 0) is 31.9 Å². The molecule has 1 atom stereocenters. The first-order valence-corrected chi connectivity index (χ1v) is 14.4. The molecule has 3 aromatic rings. The van der Waals surface area contributed by atoms with Crippen molar-refractivity contribution >= 4 is 29.8 Å². The van der Waals surface area contributed by atoms with Gasteiger partial charge in [0.1, 0.15) is 17.1 Å². The van der Waals surface area contributed by atoms with Gasteiger partial charge in [0.05, 0.1) is 13.2 Å². The molecule has 0 bridgehead atoms. The minimum Gasteiger partial charge on any atom is -0.480 e. The highest BCUT2D eigenvalue weighted by Crippen LogP contribution is 2.29. The maximum atomic E-state index is 13.3.